The first kappa shape index (κ1) is 11.7. The van der Waals surface area contributed by atoms with Gasteiger partial charge in [-0.3, -0.25) is 0 Å². The molecule has 0 aliphatic heterocycles. The van der Waals surface area contributed by atoms with Gasteiger partial charge in [0.25, 0.3) is 0 Å². The van der Waals surface area contributed by atoms with Gasteiger partial charge in [0.15, 0.2) is 0 Å². The maximum absolute atomic E-state index is 8.33. The van der Waals surface area contributed by atoms with E-state index in [9.17, 15) is 0 Å². The molecule has 3 nitrogen and oxygen atoms in total. The molecule has 80 valence electrons. The van der Waals surface area contributed by atoms with Crippen LogP contribution in [0.2, 0.25) is 5.02 Å². The molecule has 0 aliphatic carbocycles. The van der Waals surface area contributed by atoms with Gasteiger partial charge in [0.2, 0.25) is 0 Å². The minimum absolute atomic E-state index is 0.560. The van der Waals surface area contributed by atoms with Crippen molar-refractivity contribution in [2.45, 2.75) is 19.3 Å². The molecular formula is C11H13ClN2O. The van der Waals surface area contributed by atoms with E-state index >= 15 is 0 Å². The molecule has 0 saturated carbocycles. The normalized spacial score (nSPS) is 9.60. The van der Waals surface area contributed by atoms with Crippen molar-refractivity contribution in [1.29, 1.82) is 5.26 Å². The topological polar surface area (TPSA) is 59.0 Å². The van der Waals surface area contributed by atoms with Crippen LogP contribution in [0, 0.1) is 11.3 Å². The molecule has 0 saturated heterocycles. The summed E-state index contributed by atoms with van der Waals surface area (Å²) in [5.74, 6) is 0.605. The van der Waals surface area contributed by atoms with E-state index in [1.165, 1.54) is 0 Å². The van der Waals surface area contributed by atoms with Crippen LogP contribution in [-0.2, 0) is 0 Å². The van der Waals surface area contributed by atoms with Gasteiger partial charge in [-0.1, -0.05) is 11.6 Å². The minimum atomic E-state index is 0.560. The number of halogens is 1. The second-order valence-electron chi connectivity index (χ2n) is 3.15. The summed E-state index contributed by atoms with van der Waals surface area (Å²) in [6.45, 7) is 0.560. The standard InChI is InChI=1S/C11H13ClN2O/c12-10-5-4-9(14)8-11(10)15-7-3-1-2-6-13/h4-5,8H,1-3,7,14H2. The van der Waals surface area contributed by atoms with Crippen LogP contribution in [-0.4, -0.2) is 6.61 Å². The molecule has 0 fully saturated rings. The molecule has 15 heavy (non-hydrogen) atoms. The summed E-state index contributed by atoms with van der Waals surface area (Å²) in [7, 11) is 0. The van der Waals surface area contributed by atoms with Crippen LogP contribution in [0.15, 0.2) is 18.2 Å². The van der Waals surface area contributed by atoms with Crippen molar-refractivity contribution in [3.63, 3.8) is 0 Å². The number of ether oxygens (including phenoxy) is 1. The number of unbranched alkanes of at least 4 members (excludes halogenated alkanes) is 2. The van der Waals surface area contributed by atoms with Gasteiger partial charge < -0.3 is 10.5 Å². The summed E-state index contributed by atoms with van der Waals surface area (Å²) in [6, 6.07) is 7.22. The molecule has 0 unspecified atom stereocenters. The Morgan fingerprint density at radius 2 is 2.20 bits per heavy atom. The highest BCUT2D eigenvalue weighted by Gasteiger charge is 2.01. The Balaban J connectivity index is 2.37. The molecule has 0 aromatic heterocycles. The number of hydrogen-bond acceptors (Lipinski definition) is 3. The molecule has 2 N–H and O–H groups in total. The predicted octanol–water partition coefficient (Wildman–Crippen LogP) is 2.99. The van der Waals surface area contributed by atoms with E-state index < -0.39 is 0 Å². The zero-order chi connectivity index (χ0) is 11.1. The fourth-order valence-electron chi connectivity index (χ4n) is 1.12. The molecule has 0 aliphatic rings. The smallest absolute Gasteiger partial charge is 0.139 e. The van der Waals surface area contributed by atoms with Gasteiger partial charge in [-0.05, 0) is 25.0 Å². The molecule has 1 aromatic rings. The van der Waals surface area contributed by atoms with E-state index in [0.717, 1.165) is 12.8 Å². The molecule has 0 bridgehead atoms. The first-order chi connectivity index (χ1) is 7.24. The van der Waals surface area contributed by atoms with Crippen molar-refractivity contribution >= 4 is 17.3 Å². The predicted molar refractivity (Wildman–Crippen MR) is 60.8 cm³/mol. The highest BCUT2D eigenvalue weighted by atomic mass is 35.5. The van der Waals surface area contributed by atoms with Gasteiger partial charge in [0.1, 0.15) is 5.75 Å². The van der Waals surface area contributed by atoms with Crippen LogP contribution in [0.5, 0.6) is 5.75 Å². The van der Waals surface area contributed by atoms with Gasteiger partial charge >= 0.3 is 0 Å². The minimum Gasteiger partial charge on any atom is -0.492 e. The lowest BCUT2D eigenvalue weighted by Gasteiger charge is -2.07. The Morgan fingerprint density at radius 3 is 2.93 bits per heavy atom. The highest BCUT2D eigenvalue weighted by molar-refractivity contribution is 6.32. The first-order valence-corrected chi connectivity index (χ1v) is 5.16. The Bertz CT molecular complexity index is 360. The van der Waals surface area contributed by atoms with E-state index in [1.807, 2.05) is 0 Å². The highest BCUT2D eigenvalue weighted by Crippen LogP contribution is 2.26. The van der Waals surface area contributed by atoms with Crippen LogP contribution >= 0.6 is 11.6 Å². The zero-order valence-corrected chi connectivity index (χ0v) is 9.13. The average molecular weight is 225 g/mol. The fraction of sp³-hybridized carbons (Fsp3) is 0.364. The van der Waals surface area contributed by atoms with Crippen molar-refractivity contribution in [3.05, 3.63) is 23.2 Å². The van der Waals surface area contributed by atoms with Crippen molar-refractivity contribution < 1.29 is 4.74 Å². The van der Waals surface area contributed by atoms with Crippen LogP contribution in [0.3, 0.4) is 0 Å². The lowest BCUT2D eigenvalue weighted by atomic mass is 10.2. The van der Waals surface area contributed by atoms with Gasteiger partial charge in [0.05, 0.1) is 17.7 Å². The molecule has 0 heterocycles. The number of nitriles is 1. The number of anilines is 1. The fourth-order valence-corrected chi connectivity index (χ4v) is 1.29. The molecule has 4 heteroatoms. The van der Waals surface area contributed by atoms with E-state index in [4.69, 9.17) is 27.3 Å². The van der Waals surface area contributed by atoms with Crippen molar-refractivity contribution in [2.75, 3.05) is 12.3 Å². The molecule has 0 amide bonds. The number of rotatable bonds is 5. The summed E-state index contributed by atoms with van der Waals surface area (Å²) >= 11 is 5.90. The van der Waals surface area contributed by atoms with E-state index in [2.05, 4.69) is 6.07 Å². The monoisotopic (exact) mass is 224 g/mol. The average Bonchev–Trinajstić information content (AvgIpc) is 2.23. The summed E-state index contributed by atoms with van der Waals surface area (Å²) in [4.78, 5) is 0. The number of nitrogens with two attached hydrogens (primary N) is 1. The number of nitrogens with zero attached hydrogens (tertiary/aromatic N) is 1. The summed E-state index contributed by atoms with van der Waals surface area (Å²) in [6.07, 6.45) is 2.25. The molecule has 0 spiro atoms. The Hall–Kier alpha value is -1.40. The Kier molecular flexibility index (Phi) is 4.79. The Labute approximate surface area is 94.4 Å². The summed E-state index contributed by atoms with van der Waals surface area (Å²) in [5.41, 5.74) is 6.23. The summed E-state index contributed by atoms with van der Waals surface area (Å²) in [5, 5.41) is 8.89. The van der Waals surface area contributed by atoms with Gasteiger partial charge in [0, 0.05) is 18.2 Å². The third-order valence-electron chi connectivity index (χ3n) is 1.90. The van der Waals surface area contributed by atoms with Crippen molar-refractivity contribution in [3.8, 4) is 11.8 Å². The maximum Gasteiger partial charge on any atom is 0.139 e. The number of nitrogen functional groups attached to an aromatic ring is 1. The molecule has 1 aromatic carbocycles. The zero-order valence-electron chi connectivity index (χ0n) is 8.37. The summed E-state index contributed by atoms with van der Waals surface area (Å²) < 4.78 is 5.44. The second kappa shape index (κ2) is 6.15. The van der Waals surface area contributed by atoms with Gasteiger partial charge in [-0.25, -0.2) is 0 Å². The van der Waals surface area contributed by atoms with Crippen LogP contribution in [0.25, 0.3) is 0 Å². The molecule has 0 radical (unpaired) electrons. The van der Waals surface area contributed by atoms with Gasteiger partial charge in [-0.2, -0.15) is 5.26 Å². The molecular weight excluding hydrogens is 212 g/mol. The largest absolute Gasteiger partial charge is 0.492 e. The van der Waals surface area contributed by atoms with Crippen LogP contribution < -0.4 is 10.5 Å². The number of benzene rings is 1. The molecule has 0 atom stereocenters. The lowest BCUT2D eigenvalue weighted by molar-refractivity contribution is 0.308. The van der Waals surface area contributed by atoms with Crippen molar-refractivity contribution in [1.82, 2.24) is 0 Å². The number of hydrogen-bond donors (Lipinski definition) is 1. The van der Waals surface area contributed by atoms with E-state index in [0.29, 0.717) is 29.5 Å². The Morgan fingerprint density at radius 1 is 1.40 bits per heavy atom. The van der Waals surface area contributed by atoms with Crippen molar-refractivity contribution in [2.24, 2.45) is 0 Å². The second-order valence-corrected chi connectivity index (χ2v) is 3.56. The van der Waals surface area contributed by atoms with Crippen LogP contribution in [0.1, 0.15) is 19.3 Å². The maximum atomic E-state index is 8.33. The van der Waals surface area contributed by atoms with Crippen LogP contribution in [0.4, 0.5) is 5.69 Å². The SMILES string of the molecule is N#CCCCCOc1cc(N)ccc1Cl. The molecule has 1 rings (SSSR count). The van der Waals surface area contributed by atoms with Gasteiger partial charge in [-0.15, -0.1) is 0 Å². The van der Waals surface area contributed by atoms with E-state index in [1.54, 1.807) is 18.2 Å². The lowest BCUT2D eigenvalue weighted by Crippen LogP contribution is -1.98. The third kappa shape index (κ3) is 4.09. The quantitative estimate of drug-likeness (QED) is 0.618. The first-order valence-electron chi connectivity index (χ1n) is 4.79. The third-order valence-corrected chi connectivity index (χ3v) is 2.21. The van der Waals surface area contributed by atoms with E-state index in [-0.39, 0.29) is 0 Å².